The van der Waals surface area contributed by atoms with Gasteiger partial charge in [-0.15, -0.1) is 0 Å². The Morgan fingerprint density at radius 1 is 0.947 bits per heavy atom. The Balaban J connectivity index is 1.73. The smallest absolute Gasteiger partial charge is 0.472 e. The Bertz CT molecular complexity index is 521. The monoisotopic (exact) mass is 256 g/mol. The van der Waals surface area contributed by atoms with Gasteiger partial charge in [-0.2, -0.15) is 0 Å². The van der Waals surface area contributed by atoms with E-state index in [0.717, 1.165) is 29.8 Å². The third kappa shape index (κ3) is 2.75. The van der Waals surface area contributed by atoms with E-state index in [1.165, 1.54) is 0 Å². The van der Waals surface area contributed by atoms with Gasteiger partial charge in [0.15, 0.2) is 0 Å². The van der Waals surface area contributed by atoms with Gasteiger partial charge < -0.3 is 13.7 Å². The summed E-state index contributed by atoms with van der Waals surface area (Å²) in [5, 5.41) is 0. The molecule has 1 saturated heterocycles. The van der Waals surface area contributed by atoms with Gasteiger partial charge in [-0.25, -0.2) is 0 Å². The Kier molecular flexibility index (Phi) is 3.21. The van der Waals surface area contributed by atoms with Crippen molar-refractivity contribution in [2.45, 2.75) is 13.8 Å². The number of hydrogen-bond donors (Lipinski definition) is 0. The van der Waals surface area contributed by atoms with E-state index in [1.807, 2.05) is 18.2 Å². The molecule has 0 N–H and O–H groups in total. The Morgan fingerprint density at radius 3 is 2.21 bits per heavy atom. The maximum Gasteiger partial charge on any atom is 0.493 e. The zero-order valence-corrected chi connectivity index (χ0v) is 11.3. The second-order valence-electron chi connectivity index (χ2n) is 5.75. The molecule has 0 atom stereocenters. The van der Waals surface area contributed by atoms with E-state index in [2.05, 4.69) is 26.0 Å². The molecule has 0 spiro atoms. The van der Waals surface area contributed by atoms with Crippen molar-refractivity contribution in [1.29, 1.82) is 0 Å². The number of rotatable bonds is 2. The second-order valence-corrected chi connectivity index (χ2v) is 5.75. The first-order chi connectivity index (χ1) is 9.14. The summed E-state index contributed by atoms with van der Waals surface area (Å²) in [6.07, 6.45) is 3.42. The zero-order valence-electron chi connectivity index (χ0n) is 11.3. The minimum atomic E-state index is -0.244. The van der Waals surface area contributed by atoms with E-state index < -0.39 is 0 Å². The third-order valence-corrected chi connectivity index (χ3v) is 3.29. The Morgan fingerprint density at radius 2 is 1.63 bits per heavy atom. The van der Waals surface area contributed by atoms with Crippen molar-refractivity contribution in [3.05, 3.63) is 42.9 Å². The molecule has 1 fully saturated rings. The van der Waals surface area contributed by atoms with Gasteiger partial charge in [-0.1, -0.05) is 38.1 Å². The summed E-state index contributed by atoms with van der Waals surface area (Å²) < 4.78 is 16.6. The SMILES string of the molecule is CC1(C)COB(c2ccc(-c3ccoc3)cc2)OC1. The molecule has 1 aliphatic heterocycles. The molecule has 1 aliphatic rings. The van der Waals surface area contributed by atoms with Crippen molar-refractivity contribution in [2.75, 3.05) is 13.2 Å². The van der Waals surface area contributed by atoms with Gasteiger partial charge in [0.05, 0.1) is 12.5 Å². The van der Waals surface area contributed by atoms with Crippen molar-refractivity contribution < 1.29 is 13.7 Å². The van der Waals surface area contributed by atoms with Crippen LogP contribution in [0, 0.1) is 5.41 Å². The largest absolute Gasteiger partial charge is 0.493 e. The van der Waals surface area contributed by atoms with Crippen LogP contribution in [0.25, 0.3) is 11.1 Å². The van der Waals surface area contributed by atoms with Gasteiger partial charge in [0, 0.05) is 24.2 Å². The standard InChI is InChI=1S/C15H17BO3/c1-15(2)10-18-16(19-11-15)14-5-3-12(4-6-14)13-7-8-17-9-13/h3-9H,10-11H2,1-2H3. The molecule has 3 rings (SSSR count). The lowest BCUT2D eigenvalue weighted by Gasteiger charge is -2.33. The molecule has 1 aromatic carbocycles. The molecule has 19 heavy (non-hydrogen) atoms. The topological polar surface area (TPSA) is 31.6 Å². The first-order valence-corrected chi connectivity index (χ1v) is 6.50. The molecule has 1 aromatic heterocycles. The van der Waals surface area contributed by atoms with E-state index >= 15 is 0 Å². The minimum absolute atomic E-state index is 0.104. The summed E-state index contributed by atoms with van der Waals surface area (Å²) >= 11 is 0. The molecule has 0 aliphatic carbocycles. The quantitative estimate of drug-likeness (QED) is 0.774. The highest BCUT2D eigenvalue weighted by Gasteiger charge is 2.33. The molecule has 0 bridgehead atoms. The van der Waals surface area contributed by atoms with E-state index in [9.17, 15) is 0 Å². The lowest BCUT2D eigenvalue weighted by molar-refractivity contribution is 0.0343. The normalized spacial score (nSPS) is 18.5. The van der Waals surface area contributed by atoms with Gasteiger partial charge in [0.2, 0.25) is 0 Å². The first kappa shape index (κ1) is 12.5. The number of furan rings is 1. The molecule has 2 heterocycles. The van der Waals surface area contributed by atoms with Crippen LogP contribution in [0.1, 0.15) is 13.8 Å². The van der Waals surface area contributed by atoms with Gasteiger partial charge in [-0.05, 0) is 17.1 Å². The van der Waals surface area contributed by atoms with Gasteiger partial charge in [0.25, 0.3) is 0 Å². The van der Waals surface area contributed by atoms with E-state index in [4.69, 9.17) is 13.7 Å². The van der Waals surface area contributed by atoms with E-state index in [-0.39, 0.29) is 12.5 Å². The lowest BCUT2D eigenvalue weighted by Crippen LogP contribution is -2.47. The van der Waals surface area contributed by atoms with Crippen LogP contribution >= 0.6 is 0 Å². The second kappa shape index (κ2) is 4.87. The average molecular weight is 256 g/mol. The first-order valence-electron chi connectivity index (χ1n) is 6.50. The fourth-order valence-corrected chi connectivity index (χ4v) is 2.15. The van der Waals surface area contributed by atoms with Crippen molar-refractivity contribution >= 4 is 12.6 Å². The van der Waals surface area contributed by atoms with Crippen LogP contribution in [0.2, 0.25) is 0 Å². The van der Waals surface area contributed by atoms with E-state index in [1.54, 1.807) is 12.5 Å². The summed E-state index contributed by atoms with van der Waals surface area (Å²) in [4.78, 5) is 0. The van der Waals surface area contributed by atoms with Crippen LogP contribution in [0.5, 0.6) is 0 Å². The summed E-state index contributed by atoms with van der Waals surface area (Å²) in [6.45, 7) is 5.73. The molecule has 4 heteroatoms. The molecule has 0 radical (unpaired) electrons. The van der Waals surface area contributed by atoms with Crippen molar-refractivity contribution in [3.63, 3.8) is 0 Å². The Labute approximate surface area is 113 Å². The van der Waals surface area contributed by atoms with Crippen LogP contribution < -0.4 is 5.46 Å². The average Bonchev–Trinajstić information content (AvgIpc) is 2.93. The van der Waals surface area contributed by atoms with E-state index in [0.29, 0.717) is 0 Å². The molecular formula is C15H17BO3. The van der Waals surface area contributed by atoms with Crippen LogP contribution in [0.4, 0.5) is 0 Å². The molecule has 0 saturated carbocycles. The van der Waals surface area contributed by atoms with Gasteiger partial charge >= 0.3 is 7.12 Å². The zero-order chi connectivity index (χ0) is 13.3. The highest BCUT2D eigenvalue weighted by atomic mass is 16.6. The molecular weight excluding hydrogens is 239 g/mol. The summed E-state index contributed by atoms with van der Waals surface area (Å²) in [5.41, 5.74) is 3.38. The van der Waals surface area contributed by atoms with Gasteiger partial charge in [-0.3, -0.25) is 0 Å². The van der Waals surface area contributed by atoms with Crippen molar-refractivity contribution in [2.24, 2.45) is 5.41 Å². The highest BCUT2D eigenvalue weighted by Crippen LogP contribution is 2.22. The highest BCUT2D eigenvalue weighted by molar-refractivity contribution is 6.61. The summed E-state index contributed by atoms with van der Waals surface area (Å²) in [7, 11) is -0.244. The fourth-order valence-electron chi connectivity index (χ4n) is 2.15. The number of benzene rings is 1. The van der Waals surface area contributed by atoms with Crippen LogP contribution in [-0.2, 0) is 9.31 Å². The number of hydrogen-bond acceptors (Lipinski definition) is 3. The predicted octanol–water partition coefficient (Wildman–Crippen LogP) is 2.71. The molecule has 98 valence electrons. The maximum absolute atomic E-state index is 5.77. The Hall–Kier alpha value is -1.52. The molecule has 2 aromatic rings. The fraction of sp³-hybridized carbons (Fsp3) is 0.333. The van der Waals surface area contributed by atoms with Crippen LogP contribution in [-0.4, -0.2) is 20.3 Å². The third-order valence-electron chi connectivity index (χ3n) is 3.29. The summed E-state index contributed by atoms with van der Waals surface area (Å²) in [6, 6.07) is 10.2. The summed E-state index contributed by atoms with van der Waals surface area (Å²) in [5.74, 6) is 0. The van der Waals surface area contributed by atoms with Gasteiger partial charge in [0.1, 0.15) is 0 Å². The predicted molar refractivity (Wildman–Crippen MR) is 75.2 cm³/mol. The van der Waals surface area contributed by atoms with Crippen molar-refractivity contribution in [1.82, 2.24) is 0 Å². The molecule has 0 unspecified atom stereocenters. The maximum atomic E-state index is 5.77. The lowest BCUT2D eigenvalue weighted by atomic mass is 9.75. The minimum Gasteiger partial charge on any atom is -0.472 e. The van der Waals surface area contributed by atoms with Crippen LogP contribution in [0.15, 0.2) is 47.3 Å². The molecule has 3 nitrogen and oxygen atoms in total. The molecule has 0 amide bonds. The van der Waals surface area contributed by atoms with Crippen LogP contribution in [0.3, 0.4) is 0 Å². The van der Waals surface area contributed by atoms with Crippen molar-refractivity contribution in [3.8, 4) is 11.1 Å².